The van der Waals surface area contributed by atoms with E-state index in [9.17, 15) is 4.79 Å². The van der Waals surface area contributed by atoms with Crippen molar-refractivity contribution in [1.29, 1.82) is 0 Å². The van der Waals surface area contributed by atoms with Gasteiger partial charge in [0.2, 0.25) is 5.91 Å². The van der Waals surface area contributed by atoms with Gasteiger partial charge >= 0.3 is 0 Å². The van der Waals surface area contributed by atoms with Gasteiger partial charge in [-0.25, -0.2) is 0 Å². The molecule has 1 amide bonds. The molecule has 168 valence electrons. The van der Waals surface area contributed by atoms with Crippen molar-refractivity contribution in [3.05, 3.63) is 72.4 Å². The van der Waals surface area contributed by atoms with Gasteiger partial charge in [-0.3, -0.25) is 9.69 Å². The lowest BCUT2D eigenvalue weighted by molar-refractivity contribution is -0.133. The Morgan fingerprint density at radius 3 is 2.53 bits per heavy atom. The Kier molecular flexibility index (Phi) is 6.56. The fourth-order valence-corrected chi connectivity index (χ4v) is 5.38. The SMILES string of the molecule is O=C(Cn1ccc2ccccc21)N1CCC(N2CCC[C@H]2COCc2ccccc2)CC1. The van der Waals surface area contributed by atoms with E-state index in [1.165, 1.54) is 23.8 Å². The maximum atomic E-state index is 12.9. The van der Waals surface area contributed by atoms with E-state index in [1.807, 2.05) is 24.4 Å². The molecule has 2 aliphatic heterocycles. The minimum absolute atomic E-state index is 0.231. The van der Waals surface area contributed by atoms with E-state index in [1.54, 1.807) is 0 Å². The van der Waals surface area contributed by atoms with E-state index >= 15 is 0 Å². The summed E-state index contributed by atoms with van der Waals surface area (Å²) in [6.45, 7) is 4.79. The lowest BCUT2D eigenvalue weighted by Gasteiger charge is -2.39. The van der Waals surface area contributed by atoms with E-state index in [2.05, 4.69) is 56.8 Å². The zero-order valence-corrected chi connectivity index (χ0v) is 18.7. The summed E-state index contributed by atoms with van der Waals surface area (Å²) in [5.41, 5.74) is 2.37. The molecule has 1 atom stereocenters. The number of carbonyl (C=O) groups is 1. The van der Waals surface area contributed by atoms with Crippen LogP contribution in [0.5, 0.6) is 0 Å². The van der Waals surface area contributed by atoms with Crippen LogP contribution in [0, 0.1) is 0 Å². The predicted molar refractivity (Wildman–Crippen MR) is 127 cm³/mol. The molecule has 0 unspecified atom stereocenters. The van der Waals surface area contributed by atoms with E-state index in [-0.39, 0.29) is 5.91 Å². The number of hydrogen-bond acceptors (Lipinski definition) is 3. The van der Waals surface area contributed by atoms with Gasteiger partial charge in [-0.05, 0) is 55.3 Å². The van der Waals surface area contributed by atoms with Crippen LogP contribution in [0.4, 0.5) is 0 Å². The summed E-state index contributed by atoms with van der Waals surface area (Å²) in [7, 11) is 0. The minimum Gasteiger partial charge on any atom is -0.375 e. The van der Waals surface area contributed by atoms with Gasteiger partial charge in [0.25, 0.3) is 0 Å². The highest BCUT2D eigenvalue weighted by Gasteiger charge is 2.33. The first-order valence-corrected chi connectivity index (χ1v) is 12.0. The van der Waals surface area contributed by atoms with Crippen molar-refractivity contribution in [1.82, 2.24) is 14.4 Å². The molecule has 0 bridgehead atoms. The number of rotatable bonds is 7. The summed E-state index contributed by atoms with van der Waals surface area (Å²) in [6.07, 6.45) is 6.62. The number of amides is 1. The number of likely N-dealkylation sites (tertiary alicyclic amines) is 2. The fraction of sp³-hybridized carbons (Fsp3) is 0.444. The Bertz CT molecular complexity index is 1020. The van der Waals surface area contributed by atoms with Crippen LogP contribution in [0.25, 0.3) is 10.9 Å². The maximum absolute atomic E-state index is 12.9. The Morgan fingerprint density at radius 2 is 1.69 bits per heavy atom. The van der Waals surface area contributed by atoms with Gasteiger partial charge in [0.05, 0.1) is 13.2 Å². The summed E-state index contributed by atoms with van der Waals surface area (Å²) in [5.74, 6) is 0.231. The molecule has 0 spiro atoms. The monoisotopic (exact) mass is 431 g/mol. The molecular formula is C27H33N3O2. The second-order valence-corrected chi connectivity index (χ2v) is 9.15. The molecule has 5 nitrogen and oxygen atoms in total. The van der Waals surface area contributed by atoms with Crippen molar-refractivity contribution in [2.24, 2.45) is 0 Å². The highest BCUT2D eigenvalue weighted by molar-refractivity contribution is 5.83. The van der Waals surface area contributed by atoms with Gasteiger partial charge in [0, 0.05) is 36.9 Å². The Morgan fingerprint density at radius 1 is 0.906 bits per heavy atom. The van der Waals surface area contributed by atoms with Gasteiger partial charge in [-0.2, -0.15) is 0 Å². The van der Waals surface area contributed by atoms with Gasteiger partial charge in [0.1, 0.15) is 6.54 Å². The summed E-state index contributed by atoms with van der Waals surface area (Å²) >= 11 is 0. The van der Waals surface area contributed by atoms with E-state index in [0.29, 0.717) is 25.2 Å². The molecule has 2 aromatic carbocycles. The maximum Gasteiger partial charge on any atom is 0.242 e. The number of para-hydroxylation sites is 1. The quantitative estimate of drug-likeness (QED) is 0.559. The van der Waals surface area contributed by atoms with Crippen molar-refractivity contribution in [3.8, 4) is 0 Å². The van der Waals surface area contributed by atoms with Crippen molar-refractivity contribution in [3.63, 3.8) is 0 Å². The van der Waals surface area contributed by atoms with Gasteiger partial charge < -0.3 is 14.2 Å². The lowest BCUT2D eigenvalue weighted by atomic mass is 10.0. The first kappa shape index (κ1) is 21.2. The Hall–Kier alpha value is -2.63. The number of carbonyl (C=O) groups excluding carboxylic acids is 1. The van der Waals surface area contributed by atoms with Crippen molar-refractivity contribution in [2.45, 2.75) is 50.9 Å². The molecule has 5 heteroatoms. The minimum atomic E-state index is 0.231. The molecule has 2 fully saturated rings. The number of aromatic nitrogens is 1. The molecule has 3 aromatic rings. The molecule has 0 radical (unpaired) electrons. The lowest BCUT2D eigenvalue weighted by Crippen LogP contribution is -2.49. The van der Waals surface area contributed by atoms with Crippen LogP contribution >= 0.6 is 0 Å². The number of piperidine rings is 1. The van der Waals surface area contributed by atoms with Crippen LogP contribution in [-0.2, 0) is 22.7 Å². The first-order valence-electron chi connectivity index (χ1n) is 12.0. The second kappa shape index (κ2) is 9.88. The second-order valence-electron chi connectivity index (χ2n) is 9.15. The molecule has 0 N–H and O–H groups in total. The molecule has 1 aromatic heterocycles. The van der Waals surface area contributed by atoms with E-state index in [0.717, 1.165) is 44.6 Å². The molecule has 0 aliphatic carbocycles. The standard InChI is InChI=1S/C27H33N3O2/c31-27(19-29-16-12-23-9-4-5-11-26(23)29)28-17-13-24(14-18-28)30-15-6-10-25(30)21-32-20-22-7-2-1-3-8-22/h1-5,7-9,11-12,16,24-25H,6,10,13-15,17-21H2/t25-/m0/s1. The number of fused-ring (bicyclic) bond motifs is 1. The fourth-order valence-electron chi connectivity index (χ4n) is 5.38. The average Bonchev–Trinajstić information content (AvgIpc) is 3.47. The average molecular weight is 432 g/mol. The zero-order valence-electron chi connectivity index (χ0n) is 18.7. The third kappa shape index (κ3) is 4.74. The molecule has 2 aliphatic rings. The molecular weight excluding hydrogens is 398 g/mol. The smallest absolute Gasteiger partial charge is 0.242 e. The van der Waals surface area contributed by atoms with Crippen LogP contribution in [-0.4, -0.2) is 58.6 Å². The third-order valence-electron chi connectivity index (χ3n) is 7.12. The Labute approximate surface area is 190 Å². The van der Waals surface area contributed by atoms with E-state index < -0.39 is 0 Å². The number of nitrogens with zero attached hydrogens (tertiary/aromatic N) is 3. The molecule has 2 saturated heterocycles. The zero-order chi connectivity index (χ0) is 21.8. The molecule has 32 heavy (non-hydrogen) atoms. The van der Waals surface area contributed by atoms with Crippen molar-refractivity contribution >= 4 is 16.8 Å². The van der Waals surface area contributed by atoms with Gasteiger partial charge in [-0.1, -0.05) is 48.5 Å². The number of ether oxygens (including phenoxy) is 1. The van der Waals surface area contributed by atoms with Gasteiger partial charge in [-0.15, -0.1) is 0 Å². The molecule has 0 saturated carbocycles. The summed E-state index contributed by atoms with van der Waals surface area (Å²) in [5, 5.41) is 1.19. The summed E-state index contributed by atoms with van der Waals surface area (Å²) in [6, 6.07) is 21.8. The third-order valence-corrected chi connectivity index (χ3v) is 7.12. The highest BCUT2D eigenvalue weighted by Crippen LogP contribution is 2.27. The summed E-state index contributed by atoms with van der Waals surface area (Å²) < 4.78 is 8.14. The topological polar surface area (TPSA) is 37.7 Å². The van der Waals surface area contributed by atoms with Crippen molar-refractivity contribution < 1.29 is 9.53 Å². The Balaban J connectivity index is 1.11. The van der Waals surface area contributed by atoms with Gasteiger partial charge in [0.15, 0.2) is 0 Å². The first-order chi connectivity index (χ1) is 15.8. The van der Waals surface area contributed by atoms with Crippen LogP contribution in [0.2, 0.25) is 0 Å². The predicted octanol–water partition coefficient (Wildman–Crippen LogP) is 4.31. The number of hydrogen-bond donors (Lipinski definition) is 0. The molecule has 3 heterocycles. The molecule has 5 rings (SSSR count). The van der Waals surface area contributed by atoms with E-state index in [4.69, 9.17) is 4.74 Å². The summed E-state index contributed by atoms with van der Waals surface area (Å²) in [4.78, 5) is 17.7. The van der Waals surface area contributed by atoms with Crippen LogP contribution in [0.1, 0.15) is 31.2 Å². The largest absolute Gasteiger partial charge is 0.375 e. The highest BCUT2D eigenvalue weighted by atomic mass is 16.5. The van der Waals surface area contributed by atoms with Crippen molar-refractivity contribution in [2.75, 3.05) is 26.2 Å². The van der Waals surface area contributed by atoms with Crippen LogP contribution in [0.3, 0.4) is 0 Å². The van der Waals surface area contributed by atoms with Crippen LogP contribution < -0.4 is 0 Å². The van der Waals surface area contributed by atoms with Crippen LogP contribution in [0.15, 0.2) is 66.9 Å². The normalized spacial score (nSPS) is 20.2. The number of benzene rings is 2.